The van der Waals surface area contributed by atoms with Crippen molar-refractivity contribution >= 4 is 29.0 Å². The summed E-state index contributed by atoms with van der Waals surface area (Å²) in [6, 6.07) is 10.1. The van der Waals surface area contributed by atoms with Crippen LogP contribution in [0.15, 0.2) is 48.0 Å². The number of hydrogen-bond donors (Lipinski definition) is 1. The second-order valence-corrected chi connectivity index (χ2v) is 8.76. The molecule has 1 aromatic carbocycles. The van der Waals surface area contributed by atoms with Crippen LogP contribution in [0.5, 0.6) is 0 Å². The molecule has 0 saturated heterocycles. The number of pyridine rings is 1. The molecule has 0 aliphatic carbocycles. The zero-order valence-electron chi connectivity index (χ0n) is 17.7. The minimum atomic E-state index is -0.971. The molecule has 2 heterocycles. The highest BCUT2D eigenvalue weighted by Crippen LogP contribution is 2.32. The lowest BCUT2D eigenvalue weighted by Crippen LogP contribution is -2.50. The summed E-state index contributed by atoms with van der Waals surface area (Å²) in [7, 11) is 0. The maximum atomic E-state index is 13.6. The first-order valence-corrected chi connectivity index (χ1v) is 10.4. The van der Waals surface area contributed by atoms with Crippen LogP contribution in [0, 0.1) is 13.8 Å². The van der Waals surface area contributed by atoms with Gasteiger partial charge in [-0.1, -0.05) is 28.3 Å². The van der Waals surface area contributed by atoms with E-state index in [1.807, 2.05) is 52.8 Å². The summed E-state index contributed by atoms with van der Waals surface area (Å²) in [6.45, 7) is 9.59. The molecule has 0 saturated carbocycles. The van der Waals surface area contributed by atoms with E-state index in [0.717, 1.165) is 22.7 Å². The summed E-state index contributed by atoms with van der Waals surface area (Å²) in [5, 5.41) is 8.52. The van der Waals surface area contributed by atoms with Gasteiger partial charge in [0.1, 0.15) is 0 Å². The third-order valence-electron chi connectivity index (χ3n) is 4.38. The van der Waals surface area contributed by atoms with Gasteiger partial charge >= 0.3 is 0 Å². The van der Waals surface area contributed by atoms with Gasteiger partial charge in [-0.3, -0.25) is 19.5 Å². The largest absolute Gasteiger partial charge is 0.349 e. The number of benzene rings is 1. The Kier molecular flexibility index (Phi) is 6.26. The number of hydrogen-bond acceptors (Lipinski definition) is 6. The predicted octanol–water partition coefficient (Wildman–Crippen LogP) is 3.85. The van der Waals surface area contributed by atoms with Gasteiger partial charge in [-0.2, -0.15) is 0 Å². The second kappa shape index (κ2) is 8.71. The van der Waals surface area contributed by atoms with Gasteiger partial charge in [0.25, 0.3) is 5.91 Å². The Morgan fingerprint density at radius 1 is 1.13 bits per heavy atom. The van der Waals surface area contributed by atoms with Crippen molar-refractivity contribution in [2.24, 2.45) is 0 Å². The third kappa shape index (κ3) is 4.88. The SMILES string of the molecule is Cc1ccc(N(C(=O)c2csnn2)[C@H](C(=O)NC(C)(C)C)c2ccccn2)c(C)c1. The second-order valence-electron chi connectivity index (χ2n) is 8.15. The maximum absolute atomic E-state index is 13.6. The number of amides is 2. The van der Waals surface area contributed by atoms with E-state index in [1.165, 1.54) is 4.90 Å². The molecule has 156 valence electrons. The van der Waals surface area contributed by atoms with E-state index >= 15 is 0 Å². The van der Waals surface area contributed by atoms with Gasteiger partial charge < -0.3 is 5.32 Å². The fourth-order valence-electron chi connectivity index (χ4n) is 3.18. The van der Waals surface area contributed by atoms with Crippen LogP contribution in [0.1, 0.15) is 54.1 Å². The quantitative estimate of drug-likeness (QED) is 0.673. The fraction of sp³-hybridized carbons (Fsp3) is 0.318. The van der Waals surface area contributed by atoms with Crippen LogP contribution >= 0.6 is 11.5 Å². The number of carbonyl (C=O) groups is 2. The van der Waals surface area contributed by atoms with E-state index in [0.29, 0.717) is 11.4 Å². The molecule has 0 unspecified atom stereocenters. The molecule has 3 rings (SSSR count). The first-order valence-electron chi connectivity index (χ1n) is 9.58. The summed E-state index contributed by atoms with van der Waals surface area (Å²) in [6.07, 6.45) is 1.61. The van der Waals surface area contributed by atoms with Crippen LogP contribution in [0.2, 0.25) is 0 Å². The highest BCUT2D eigenvalue weighted by Gasteiger charge is 2.37. The van der Waals surface area contributed by atoms with Crippen molar-refractivity contribution in [2.45, 2.75) is 46.2 Å². The molecule has 0 fully saturated rings. The molecule has 2 aromatic heterocycles. The summed E-state index contributed by atoms with van der Waals surface area (Å²) >= 11 is 1.09. The number of anilines is 1. The average Bonchev–Trinajstić information content (AvgIpc) is 3.20. The molecule has 0 bridgehead atoms. The molecule has 3 aromatic rings. The summed E-state index contributed by atoms with van der Waals surface area (Å²) in [5.74, 6) is -0.729. The van der Waals surface area contributed by atoms with E-state index < -0.39 is 17.5 Å². The average molecular weight is 424 g/mol. The number of nitrogens with one attached hydrogen (secondary N) is 1. The standard InChI is InChI=1S/C22H25N5O2S/c1-14-9-10-18(15(2)12-14)27(21(29)17-13-30-26-25-17)19(16-8-6-7-11-23-16)20(28)24-22(3,4)5/h6-13,19H,1-5H3,(H,24,28)/t19-/m0/s1. The number of aromatic nitrogens is 3. The van der Waals surface area contributed by atoms with Crippen molar-refractivity contribution in [3.8, 4) is 0 Å². The Morgan fingerprint density at radius 3 is 2.47 bits per heavy atom. The molecule has 8 heteroatoms. The van der Waals surface area contributed by atoms with Crippen molar-refractivity contribution in [3.63, 3.8) is 0 Å². The summed E-state index contributed by atoms with van der Waals surface area (Å²) in [4.78, 5) is 32.9. The van der Waals surface area contributed by atoms with Gasteiger partial charge in [-0.05, 0) is 69.9 Å². The summed E-state index contributed by atoms with van der Waals surface area (Å²) in [5.41, 5.74) is 2.73. The van der Waals surface area contributed by atoms with Crippen molar-refractivity contribution in [1.29, 1.82) is 0 Å². The van der Waals surface area contributed by atoms with Gasteiger partial charge in [0.05, 0.1) is 5.69 Å². The van der Waals surface area contributed by atoms with Crippen LogP contribution in [0.25, 0.3) is 0 Å². The van der Waals surface area contributed by atoms with Gasteiger partial charge in [0, 0.05) is 22.8 Å². The van der Waals surface area contributed by atoms with E-state index in [2.05, 4.69) is 19.9 Å². The molecule has 1 atom stereocenters. The van der Waals surface area contributed by atoms with E-state index in [-0.39, 0.29) is 11.6 Å². The zero-order valence-corrected chi connectivity index (χ0v) is 18.5. The lowest BCUT2D eigenvalue weighted by Gasteiger charge is -2.33. The number of rotatable bonds is 5. The highest BCUT2D eigenvalue weighted by atomic mass is 32.1. The van der Waals surface area contributed by atoms with E-state index in [9.17, 15) is 9.59 Å². The van der Waals surface area contributed by atoms with Gasteiger partial charge in [-0.15, -0.1) is 5.10 Å². The summed E-state index contributed by atoms with van der Waals surface area (Å²) < 4.78 is 3.82. The molecule has 0 aliphatic rings. The molecular formula is C22H25N5O2S. The van der Waals surface area contributed by atoms with Crippen molar-refractivity contribution in [3.05, 3.63) is 70.5 Å². The lowest BCUT2D eigenvalue weighted by molar-refractivity contribution is -0.124. The van der Waals surface area contributed by atoms with Crippen LogP contribution < -0.4 is 10.2 Å². The number of nitrogens with zero attached hydrogens (tertiary/aromatic N) is 4. The first-order chi connectivity index (χ1) is 14.2. The molecule has 0 radical (unpaired) electrons. The topological polar surface area (TPSA) is 88.1 Å². The lowest BCUT2D eigenvalue weighted by atomic mass is 10.0. The van der Waals surface area contributed by atoms with Crippen LogP contribution in [0.4, 0.5) is 5.69 Å². The maximum Gasteiger partial charge on any atom is 0.280 e. The Balaban J connectivity index is 2.20. The van der Waals surface area contributed by atoms with E-state index in [1.54, 1.807) is 29.8 Å². The van der Waals surface area contributed by atoms with Crippen molar-refractivity contribution in [2.75, 3.05) is 4.90 Å². The Bertz CT molecular complexity index is 1030. The Hall–Kier alpha value is -3.13. The normalized spacial score (nSPS) is 12.3. The van der Waals surface area contributed by atoms with Gasteiger partial charge in [0.15, 0.2) is 11.7 Å². The smallest absolute Gasteiger partial charge is 0.280 e. The van der Waals surface area contributed by atoms with Gasteiger partial charge in [0.2, 0.25) is 5.91 Å². The molecule has 2 amide bonds. The molecule has 30 heavy (non-hydrogen) atoms. The first kappa shape index (κ1) is 21.6. The molecule has 1 N–H and O–H groups in total. The fourth-order valence-corrected chi connectivity index (χ4v) is 3.61. The zero-order chi connectivity index (χ0) is 21.9. The Labute approximate surface area is 180 Å². The number of aryl methyl sites for hydroxylation is 2. The van der Waals surface area contributed by atoms with Gasteiger partial charge in [-0.25, -0.2) is 0 Å². The van der Waals surface area contributed by atoms with Crippen molar-refractivity contribution in [1.82, 2.24) is 19.9 Å². The van der Waals surface area contributed by atoms with Crippen LogP contribution in [-0.2, 0) is 4.79 Å². The predicted molar refractivity (Wildman–Crippen MR) is 118 cm³/mol. The molecular weight excluding hydrogens is 398 g/mol. The molecule has 0 aliphatic heterocycles. The molecule has 7 nitrogen and oxygen atoms in total. The minimum absolute atomic E-state index is 0.185. The van der Waals surface area contributed by atoms with Crippen LogP contribution in [-0.4, -0.2) is 31.9 Å². The highest BCUT2D eigenvalue weighted by molar-refractivity contribution is 7.03. The number of carbonyl (C=O) groups excluding carboxylic acids is 2. The van der Waals surface area contributed by atoms with Crippen molar-refractivity contribution < 1.29 is 9.59 Å². The third-order valence-corrected chi connectivity index (χ3v) is 4.89. The Morgan fingerprint density at radius 2 is 1.90 bits per heavy atom. The monoisotopic (exact) mass is 423 g/mol. The van der Waals surface area contributed by atoms with Crippen LogP contribution in [0.3, 0.4) is 0 Å². The van der Waals surface area contributed by atoms with E-state index in [4.69, 9.17) is 0 Å². The molecule has 0 spiro atoms. The minimum Gasteiger partial charge on any atom is -0.349 e.